The van der Waals surface area contributed by atoms with Gasteiger partial charge in [-0.15, -0.1) is 0 Å². The van der Waals surface area contributed by atoms with Crippen molar-refractivity contribution in [2.24, 2.45) is 23.2 Å². The molecule has 5 heteroatoms. The lowest BCUT2D eigenvalue weighted by atomic mass is 9.49. The van der Waals surface area contributed by atoms with Gasteiger partial charge in [0, 0.05) is 18.5 Å². The summed E-state index contributed by atoms with van der Waals surface area (Å²) in [6, 6.07) is 5.91. The summed E-state index contributed by atoms with van der Waals surface area (Å²) in [6.07, 6.45) is 7.03. The molecule has 25 heavy (non-hydrogen) atoms. The van der Waals surface area contributed by atoms with E-state index in [1.54, 1.807) is 12.1 Å². The van der Waals surface area contributed by atoms with Gasteiger partial charge < -0.3 is 10.6 Å². The van der Waals surface area contributed by atoms with Crippen molar-refractivity contribution in [1.82, 2.24) is 10.6 Å². The molecule has 4 bridgehead atoms. The van der Waals surface area contributed by atoms with Gasteiger partial charge in [0.2, 0.25) is 5.91 Å². The summed E-state index contributed by atoms with van der Waals surface area (Å²) in [6.45, 7) is 0.700. The summed E-state index contributed by atoms with van der Waals surface area (Å²) in [4.78, 5) is 24.7. The van der Waals surface area contributed by atoms with Crippen LogP contribution in [0.25, 0.3) is 0 Å². The fourth-order valence-corrected chi connectivity index (χ4v) is 5.67. The summed E-state index contributed by atoms with van der Waals surface area (Å²) in [5, 5.41) is 5.69. The Bertz CT molecular complexity index is 653. The number of carbonyl (C=O) groups is 2. The van der Waals surface area contributed by atoms with Gasteiger partial charge in [0.15, 0.2) is 0 Å². The van der Waals surface area contributed by atoms with E-state index >= 15 is 0 Å². The quantitative estimate of drug-likeness (QED) is 0.807. The SMILES string of the molecule is O=C(NCCNC(=O)C12CC3CC(CC(C3)C1)C2)c1ccccc1F. The first kappa shape index (κ1) is 16.6. The minimum Gasteiger partial charge on any atom is -0.354 e. The number of amides is 2. The average molecular weight is 344 g/mol. The Hall–Kier alpha value is -1.91. The van der Waals surface area contributed by atoms with Crippen LogP contribution in [0.15, 0.2) is 24.3 Å². The zero-order valence-electron chi connectivity index (χ0n) is 14.4. The van der Waals surface area contributed by atoms with Crippen LogP contribution in [0.5, 0.6) is 0 Å². The highest BCUT2D eigenvalue weighted by atomic mass is 19.1. The van der Waals surface area contributed by atoms with Crippen molar-refractivity contribution in [2.45, 2.75) is 38.5 Å². The van der Waals surface area contributed by atoms with E-state index < -0.39 is 11.7 Å². The molecule has 2 amide bonds. The summed E-state index contributed by atoms with van der Waals surface area (Å²) >= 11 is 0. The van der Waals surface area contributed by atoms with E-state index in [1.165, 1.54) is 31.4 Å². The molecule has 0 saturated heterocycles. The zero-order chi connectivity index (χ0) is 17.4. The number of rotatable bonds is 5. The Labute approximate surface area is 147 Å². The molecule has 0 aromatic heterocycles. The maximum absolute atomic E-state index is 13.6. The molecule has 4 nitrogen and oxygen atoms in total. The van der Waals surface area contributed by atoms with Gasteiger partial charge in [-0.25, -0.2) is 4.39 Å². The largest absolute Gasteiger partial charge is 0.354 e. The third kappa shape index (κ3) is 3.16. The van der Waals surface area contributed by atoms with Crippen LogP contribution in [-0.2, 0) is 4.79 Å². The fourth-order valence-electron chi connectivity index (χ4n) is 5.67. The number of hydrogen-bond acceptors (Lipinski definition) is 2. The Balaban J connectivity index is 1.27. The van der Waals surface area contributed by atoms with Gasteiger partial charge in [0.05, 0.1) is 5.56 Å². The number of benzene rings is 1. The number of nitrogens with one attached hydrogen (secondary N) is 2. The van der Waals surface area contributed by atoms with Crippen molar-refractivity contribution in [1.29, 1.82) is 0 Å². The lowest BCUT2D eigenvalue weighted by molar-refractivity contribution is -0.146. The Morgan fingerprint density at radius 2 is 1.52 bits per heavy atom. The van der Waals surface area contributed by atoms with Gasteiger partial charge in [-0.3, -0.25) is 9.59 Å². The molecule has 1 aromatic rings. The molecule has 0 unspecified atom stereocenters. The van der Waals surface area contributed by atoms with Gasteiger partial charge >= 0.3 is 0 Å². The third-order valence-corrected chi connectivity index (χ3v) is 6.33. The van der Waals surface area contributed by atoms with Gasteiger partial charge in [-0.2, -0.15) is 0 Å². The predicted molar refractivity (Wildman–Crippen MR) is 92.3 cm³/mol. The molecule has 0 radical (unpaired) electrons. The van der Waals surface area contributed by atoms with Crippen LogP contribution in [-0.4, -0.2) is 24.9 Å². The zero-order valence-corrected chi connectivity index (χ0v) is 14.4. The van der Waals surface area contributed by atoms with Crippen molar-refractivity contribution >= 4 is 11.8 Å². The van der Waals surface area contributed by atoms with E-state index in [-0.39, 0.29) is 16.9 Å². The van der Waals surface area contributed by atoms with Crippen molar-refractivity contribution in [3.8, 4) is 0 Å². The molecular formula is C20H25FN2O2. The molecule has 4 aliphatic carbocycles. The molecule has 4 fully saturated rings. The summed E-state index contributed by atoms with van der Waals surface area (Å²) in [5.41, 5.74) is -0.125. The lowest BCUT2D eigenvalue weighted by Gasteiger charge is -2.55. The third-order valence-electron chi connectivity index (χ3n) is 6.33. The molecule has 5 rings (SSSR count). The highest BCUT2D eigenvalue weighted by Gasteiger charge is 2.54. The molecule has 0 atom stereocenters. The van der Waals surface area contributed by atoms with Crippen LogP contribution in [0.2, 0.25) is 0 Å². The standard InChI is InChI=1S/C20H25FN2O2/c21-17-4-2-1-3-16(17)18(24)22-5-6-23-19(25)20-10-13-7-14(11-20)9-15(8-13)12-20/h1-4,13-15H,5-12H2,(H,22,24)(H,23,25). The minimum atomic E-state index is -0.530. The van der Waals surface area contributed by atoms with Crippen LogP contribution >= 0.6 is 0 Å². The molecular weight excluding hydrogens is 319 g/mol. The molecule has 0 aliphatic heterocycles. The lowest BCUT2D eigenvalue weighted by Crippen LogP contribution is -2.54. The second kappa shape index (κ2) is 6.43. The summed E-state index contributed by atoms with van der Waals surface area (Å²) in [7, 11) is 0. The van der Waals surface area contributed by atoms with E-state index in [0.717, 1.165) is 37.0 Å². The fraction of sp³-hybridized carbons (Fsp3) is 0.600. The van der Waals surface area contributed by atoms with Gasteiger partial charge in [0.25, 0.3) is 5.91 Å². The Kier molecular flexibility index (Phi) is 4.26. The van der Waals surface area contributed by atoms with Gasteiger partial charge in [-0.05, 0) is 68.4 Å². The van der Waals surface area contributed by atoms with Crippen molar-refractivity contribution < 1.29 is 14.0 Å². The molecule has 2 N–H and O–H groups in total. The van der Waals surface area contributed by atoms with Crippen molar-refractivity contribution in [2.75, 3.05) is 13.1 Å². The van der Waals surface area contributed by atoms with Gasteiger partial charge in [-0.1, -0.05) is 12.1 Å². The smallest absolute Gasteiger partial charge is 0.254 e. The number of hydrogen-bond donors (Lipinski definition) is 2. The molecule has 4 aliphatic rings. The molecule has 4 saturated carbocycles. The van der Waals surface area contributed by atoms with Crippen LogP contribution in [0.4, 0.5) is 4.39 Å². The van der Waals surface area contributed by atoms with Crippen LogP contribution < -0.4 is 10.6 Å². The maximum atomic E-state index is 13.6. The predicted octanol–water partition coefficient (Wildman–Crippen LogP) is 2.89. The number of carbonyl (C=O) groups excluding carboxylic acids is 2. The number of halogens is 1. The molecule has 0 spiro atoms. The summed E-state index contributed by atoms with van der Waals surface area (Å²) < 4.78 is 13.6. The van der Waals surface area contributed by atoms with E-state index in [1.807, 2.05) is 0 Å². The van der Waals surface area contributed by atoms with E-state index in [4.69, 9.17) is 0 Å². The minimum absolute atomic E-state index is 0.0370. The highest BCUT2D eigenvalue weighted by molar-refractivity contribution is 5.94. The second-order valence-corrected chi connectivity index (χ2v) is 8.19. The van der Waals surface area contributed by atoms with E-state index in [9.17, 15) is 14.0 Å². The highest BCUT2D eigenvalue weighted by Crippen LogP contribution is 2.60. The Morgan fingerprint density at radius 1 is 0.960 bits per heavy atom. The average Bonchev–Trinajstić information content (AvgIpc) is 2.57. The van der Waals surface area contributed by atoms with E-state index in [2.05, 4.69) is 10.6 Å². The van der Waals surface area contributed by atoms with Crippen molar-refractivity contribution in [3.63, 3.8) is 0 Å². The monoisotopic (exact) mass is 344 g/mol. The van der Waals surface area contributed by atoms with Gasteiger partial charge in [0.1, 0.15) is 5.82 Å². The first-order valence-electron chi connectivity index (χ1n) is 9.37. The molecule has 0 heterocycles. The normalized spacial score (nSPS) is 32.4. The first-order valence-corrected chi connectivity index (χ1v) is 9.37. The first-order chi connectivity index (χ1) is 12.1. The van der Waals surface area contributed by atoms with Crippen LogP contribution in [0.1, 0.15) is 48.9 Å². The topological polar surface area (TPSA) is 58.2 Å². The Morgan fingerprint density at radius 3 is 2.12 bits per heavy atom. The summed E-state index contributed by atoms with van der Waals surface area (Å²) in [5.74, 6) is 1.39. The van der Waals surface area contributed by atoms with Crippen molar-refractivity contribution in [3.05, 3.63) is 35.6 Å². The van der Waals surface area contributed by atoms with E-state index in [0.29, 0.717) is 13.1 Å². The van der Waals surface area contributed by atoms with Crippen LogP contribution in [0, 0.1) is 29.0 Å². The maximum Gasteiger partial charge on any atom is 0.254 e. The molecule has 134 valence electrons. The molecule has 1 aromatic carbocycles. The van der Waals surface area contributed by atoms with Crippen LogP contribution in [0.3, 0.4) is 0 Å². The second-order valence-electron chi connectivity index (χ2n) is 8.19.